The number of benzene rings is 1. The van der Waals surface area contributed by atoms with Crippen LogP contribution in [0.1, 0.15) is 18.9 Å². The summed E-state index contributed by atoms with van der Waals surface area (Å²) in [6, 6.07) is 5.05. The molecule has 0 unspecified atom stereocenters. The molecule has 0 heterocycles. The lowest BCUT2D eigenvalue weighted by Gasteiger charge is -2.26. The molecule has 4 heteroatoms. The van der Waals surface area contributed by atoms with E-state index in [2.05, 4.69) is 16.7 Å². The quantitative estimate of drug-likeness (QED) is 0.703. The van der Waals surface area contributed by atoms with Gasteiger partial charge in [0.25, 0.3) is 0 Å². The molecule has 0 spiro atoms. The fourth-order valence-corrected chi connectivity index (χ4v) is 2.01. The Balaban J connectivity index is 2.86. The maximum absolute atomic E-state index is 13.5. The molecule has 0 saturated heterocycles. The molecule has 1 aromatic carbocycles. The van der Waals surface area contributed by atoms with Gasteiger partial charge in [-0.15, -0.1) is 11.6 Å². The molecule has 1 rings (SSSR count). The minimum atomic E-state index is -0.214. The molecule has 0 aliphatic rings. The third-order valence-electron chi connectivity index (χ3n) is 2.77. The molecule has 0 atom stereocenters. The summed E-state index contributed by atoms with van der Waals surface area (Å²) < 4.78 is 13.5. The zero-order valence-corrected chi connectivity index (χ0v) is 12.2. The first-order valence-corrected chi connectivity index (χ1v) is 6.85. The first-order valence-electron chi connectivity index (χ1n) is 6.32. The predicted molar refractivity (Wildman–Crippen MR) is 77.0 cm³/mol. The molecule has 0 N–H and O–H groups in total. The Morgan fingerprint density at radius 3 is 2.39 bits per heavy atom. The third-order valence-corrected chi connectivity index (χ3v) is 3.08. The summed E-state index contributed by atoms with van der Waals surface area (Å²) in [6.45, 7) is 4.90. The number of nitrogens with zero attached hydrogens (tertiary/aromatic N) is 2. The van der Waals surface area contributed by atoms with Crippen molar-refractivity contribution in [1.82, 2.24) is 4.90 Å². The number of alkyl halides is 1. The van der Waals surface area contributed by atoms with E-state index >= 15 is 0 Å². The van der Waals surface area contributed by atoms with Crippen LogP contribution in [0.15, 0.2) is 18.2 Å². The van der Waals surface area contributed by atoms with E-state index in [0.29, 0.717) is 5.88 Å². The lowest BCUT2D eigenvalue weighted by molar-refractivity contribution is 0.413. The van der Waals surface area contributed by atoms with Gasteiger partial charge in [0.1, 0.15) is 5.82 Å². The summed E-state index contributed by atoms with van der Waals surface area (Å²) in [7, 11) is 4.08. The van der Waals surface area contributed by atoms with Gasteiger partial charge >= 0.3 is 0 Å². The van der Waals surface area contributed by atoms with Gasteiger partial charge in [-0.25, -0.2) is 4.39 Å². The summed E-state index contributed by atoms with van der Waals surface area (Å²) in [5.74, 6) is 0.132. The zero-order valence-electron chi connectivity index (χ0n) is 11.4. The van der Waals surface area contributed by atoms with Crippen LogP contribution in [0.3, 0.4) is 0 Å². The van der Waals surface area contributed by atoms with Gasteiger partial charge in [-0.3, -0.25) is 0 Å². The SMILES string of the molecule is CCCN(CCN(C)C)c1cc(F)cc(CCl)c1. The van der Waals surface area contributed by atoms with E-state index in [1.807, 2.05) is 20.2 Å². The number of halogens is 2. The number of likely N-dealkylation sites (N-methyl/N-ethyl adjacent to an activating group) is 1. The van der Waals surface area contributed by atoms with Crippen molar-refractivity contribution in [3.63, 3.8) is 0 Å². The van der Waals surface area contributed by atoms with E-state index in [0.717, 1.165) is 37.3 Å². The molecular weight excluding hydrogens is 251 g/mol. The average Bonchev–Trinajstić information content (AvgIpc) is 2.33. The normalized spacial score (nSPS) is 11.0. The monoisotopic (exact) mass is 272 g/mol. The van der Waals surface area contributed by atoms with E-state index in [1.54, 1.807) is 6.07 Å². The highest BCUT2D eigenvalue weighted by atomic mass is 35.5. The second kappa shape index (κ2) is 7.59. The fourth-order valence-electron chi connectivity index (χ4n) is 1.85. The lowest BCUT2D eigenvalue weighted by atomic mass is 10.2. The largest absolute Gasteiger partial charge is 0.370 e. The Bertz CT molecular complexity index is 369. The third kappa shape index (κ3) is 4.83. The van der Waals surface area contributed by atoms with Crippen LogP contribution in [0.25, 0.3) is 0 Å². The van der Waals surface area contributed by atoms with Crippen LogP contribution in [0.5, 0.6) is 0 Å². The highest BCUT2D eigenvalue weighted by molar-refractivity contribution is 6.17. The Labute approximate surface area is 114 Å². The Morgan fingerprint density at radius 1 is 1.11 bits per heavy atom. The van der Waals surface area contributed by atoms with Crippen LogP contribution in [0.4, 0.5) is 10.1 Å². The van der Waals surface area contributed by atoms with Crippen molar-refractivity contribution < 1.29 is 4.39 Å². The summed E-state index contributed by atoms with van der Waals surface area (Å²) in [5, 5.41) is 0. The molecule has 0 aromatic heterocycles. The molecule has 1 aromatic rings. The van der Waals surface area contributed by atoms with Crippen LogP contribution < -0.4 is 4.90 Å². The lowest BCUT2D eigenvalue weighted by Crippen LogP contribution is -2.32. The smallest absolute Gasteiger partial charge is 0.125 e. The summed E-state index contributed by atoms with van der Waals surface area (Å²) in [5.41, 5.74) is 1.76. The van der Waals surface area contributed by atoms with Gasteiger partial charge in [-0.2, -0.15) is 0 Å². The minimum Gasteiger partial charge on any atom is -0.370 e. The molecule has 0 radical (unpaired) electrons. The second-order valence-electron chi connectivity index (χ2n) is 4.74. The average molecular weight is 273 g/mol. The standard InChI is InChI=1S/C14H22ClFN2/c1-4-5-18(7-6-17(2)3)14-9-12(11-15)8-13(16)10-14/h8-10H,4-7,11H2,1-3H3. The molecule has 102 valence electrons. The maximum atomic E-state index is 13.5. The number of hydrogen-bond acceptors (Lipinski definition) is 2. The van der Waals surface area contributed by atoms with Crippen molar-refractivity contribution in [2.24, 2.45) is 0 Å². The molecule has 0 saturated carbocycles. The highest BCUT2D eigenvalue weighted by Gasteiger charge is 2.08. The topological polar surface area (TPSA) is 6.48 Å². The van der Waals surface area contributed by atoms with Gasteiger partial charge in [-0.1, -0.05) is 6.92 Å². The van der Waals surface area contributed by atoms with Crippen molar-refractivity contribution >= 4 is 17.3 Å². The predicted octanol–water partition coefficient (Wildman–Crippen LogP) is 3.34. The number of rotatable bonds is 7. The van der Waals surface area contributed by atoms with E-state index < -0.39 is 0 Å². The Kier molecular flexibility index (Phi) is 6.44. The van der Waals surface area contributed by atoms with E-state index in [4.69, 9.17) is 11.6 Å². The van der Waals surface area contributed by atoms with E-state index in [-0.39, 0.29) is 5.82 Å². The van der Waals surface area contributed by atoms with Crippen LogP contribution in [-0.4, -0.2) is 38.6 Å². The van der Waals surface area contributed by atoms with Crippen molar-refractivity contribution in [2.45, 2.75) is 19.2 Å². The van der Waals surface area contributed by atoms with Gasteiger partial charge in [0.15, 0.2) is 0 Å². The van der Waals surface area contributed by atoms with E-state index in [1.165, 1.54) is 6.07 Å². The molecule has 0 aliphatic carbocycles. The summed E-state index contributed by atoms with van der Waals surface area (Å²) >= 11 is 5.79. The van der Waals surface area contributed by atoms with Crippen molar-refractivity contribution in [3.05, 3.63) is 29.6 Å². The molecular formula is C14H22ClFN2. The molecule has 0 amide bonds. The van der Waals surface area contributed by atoms with Crippen molar-refractivity contribution in [1.29, 1.82) is 0 Å². The van der Waals surface area contributed by atoms with E-state index in [9.17, 15) is 4.39 Å². The molecule has 2 nitrogen and oxygen atoms in total. The zero-order chi connectivity index (χ0) is 13.5. The van der Waals surface area contributed by atoms with Gasteiger partial charge in [0.2, 0.25) is 0 Å². The second-order valence-corrected chi connectivity index (χ2v) is 5.01. The van der Waals surface area contributed by atoms with Crippen LogP contribution in [-0.2, 0) is 5.88 Å². The Morgan fingerprint density at radius 2 is 1.83 bits per heavy atom. The summed E-state index contributed by atoms with van der Waals surface area (Å²) in [4.78, 5) is 4.34. The molecule has 0 aliphatic heterocycles. The fraction of sp³-hybridized carbons (Fsp3) is 0.571. The molecule has 18 heavy (non-hydrogen) atoms. The maximum Gasteiger partial charge on any atom is 0.125 e. The minimum absolute atomic E-state index is 0.214. The first-order chi connectivity index (χ1) is 8.56. The van der Waals surface area contributed by atoms with Crippen LogP contribution in [0, 0.1) is 5.82 Å². The molecule has 0 bridgehead atoms. The Hall–Kier alpha value is -0.800. The number of anilines is 1. The summed E-state index contributed by atoms with van der Waals surface area (Å²) in [6.07, 6.45) is 1.04. The van der Waals surface area contributed by atoms with Crippen molar-refractivity contribution in [3.8, 4) is 0 Å². The van der Waals surface area contributed by atoms with Gasteiger partial charge in [0, 0.05) is 31.2 Å². The van der Waals surface area contributed by atoms with Gasteiger partial charge in [0.05, 0.1) is 0 Å². The number of hydrogen-bond donors (Lipinski definition) is 0. The first kappa shape index (κ1) is 15.3. The van der Waals surface area contributed by atoms with Gasteiger partial charge < -0.3 is 9.80 Å². The van der Waals surface area contributed by atoms with Gasteiger partial charge in [-0.05, 0) is 44.3 Å². The highest BCUT2D eigenvalue weighted by Crippen LogP contribution is 2.20. The van der Waals surface area contributed by atoms with Crippen molar-refractivity contribution in [2.75, 3.05) is 38.6 Å². The van der Waals surface area contributed by atoms with Crippen LogP contribution in [0.2, 0.25) is 0 Å². The van der Waals surface area contributed by atoms with Crippen LogP contribution >= 0.6 is 11.6 Å². The molecule has 0 fully saturated rings.